The van der Waals surface area contributed by atoms with Crippen LogP contribution in [0.25, 0.3) is 0 Å². The van der Waals surface area contributed by atoms with E-state index in [4.69, 9.17) is 4.74 Å². The van der Waals surface area contributed by atoms with E-state index in [0.717, 1.165) is 24.0 Å². The minimum atomic E-state index is -0.238. The second-order valence-electron chi connectivity index (χ2n) is 5.49. The summed E-state index contributed by atoms with van der Waals surface area (Å²) in [4.78, 5) is 12.0. The molecule has 2 radical (unpaired) electrons. The average molecular weight is 629 g/mol. The summed E-state index contributed by atoms with van der Waals surface area (Å²) < 4.78 is 5.68. The molecule has 1 aliphatic carbocycles. The maximum absolute atomic E-state index is 12.0. The van der Waals surface area contributed by atoms with Gasteiger partial charge in [0.05, 0.1) is 0 Å². The smallest absolute Gasteiger partial charge is 0.308 e. The van der Waals surface area contributed by atoms with Gasteiger partial charge in [-0.2, -0.15) is 29.8 Å². The first-order valence-electron chi connectivity index (χ1n) is 7.77. The van der Waals surface area contributed by atoms with E-state index in [2.05, 4.69) is 13.0 Å². The van der Waals surface area contributed by atoms with Gasteiger partial charge in [-0.1, -0.05) is 27.2 Å². The Bertz CT molecular complexity index is 435. The number of hydrogen-bond donors (Lipinski definition) is 0. The van der Waals surface area contributed by atoms with Gasteiger partial charge in [0.2, 0.25) is 0 Å². The third kappa shape index (κ3) is 13.8. The van der Waals surface area contributed by atoms with Gasteiger partial charge in [-0.25, -0.2) is 0 Å². The zero-order valence-electron chi connectivity index (χ0n) is 16.7. The fraction of sp³-hybridized carbons (Fsp3) is 0.550. The molecule has 0 unspecified atom stereocenters. The van der Waals surface area contributed by atoms with Crippen LogP contribution in [-0.2, 0) is 88.3 Å². The van der Waals surface area contributed by atoms with Crippen molar-refractivity contribution in [2.45, 2.75) is 71.8 Å². The van der Waals surface area contributed by atoms with Crippen molar-refractivity contribution in [1.82, 2.24) is 0 Å². The van der Waals surface area contributed by atoms with E-state index >= 15 is 0 Å². The van der Waals surface area contributed by atoms with E-state index in [-0.39, 0.29) is 98.8 Å². The molecule has 0 spiro atoms. The van der Waals surface area contributed by atoms with Gasteiger partial charge in [0.1, 0.15) is 5.60 Å². The Kier molecular flexibility index (Phi) is 29.3. The second kappa shape index (κ2) is 19.8. The van der Waals surface area contributed by atoms with E-state index in [1.165, 1.54) is 19.3 Å². The summed E-state index contributed by atoms with van der Waals surface area (Å²) in [6, 6.07) is 8.90. The molecule has 2 nitrogen and oxygen atoms in total. The van der Waals surface area contributed by atoms with Crippen molar-refractivity contribution in [3.63, 3.8) is 0 Å². The third-order valence-corrected chi connectivity index (χ3v) is 3.77. The zero-order valence-corrected chi connectivity index (χ0v) is 23.9. The number of carbonyl (C=O) groups is 1. The Balaban J connectivity index is -0.000000184. The van der Waals surface area contributed by atoms with Crippen LogP contribution in [0.1, 0.15) is 64.0 Å². The van der Waals surface area contributed by atoms with E-state index in [1.54, 1.807) is 0 Å². The molecule has 0 saturated heterocycles. The predicted octanol–water partition coefficient (Wildman–Crippen LogP) is 5.52. The van der Waals surface area contributed by atoms with Crippen LogP contribution < -0.4 is 0 Å². The van der Waals surface area contributed by atoms with Crippen molar-refractivity contribution in [1.29, 1.82) is 0 Å². The number of carbonyl (C=O) groups excluding carboxylic acids is 1. The minimum absolute atomic E-state index is 0. The average Bonchev–Trinajstić information content (AvgIpc) is 2.44. The van der Waals surface area contributed by atoms with Gasteiger partial charge in [0.15, 0.2) is 0 Å². The number of rotatable bonds is 3. The fourth-order valence-electron chi connectivity index (χ4n) is 2.60. The van der Waals surface area contributed by atoms with E-state index < -0.39 is 0 Å². The van der Waals surface area contributed by atoms with Gasteiger partial charge in [0.25, 0.3) is 0 Å². The predicted molar refractivity (Wildman–Crippen MR) is 95.5 cm³/mol. The van der Waals surface area contributed by atoms with Gasteiger partial charge < -0.3 is 19.6 Å². The molecule has 0 amide bonds. The molecule has 1 aliphatic rings. The number of ether oxygens (including phenoxy) is 1. The molecule has 142 valence electrons. The number of esters is 1. The molecular weight excluding hydrogens is 596 g/mol. The molecule has 0 heterocycles. The summed E-state index contributed by atoms with van der Waals surface area (Å²) in [5.41, 5.74) is 1.81. The first-order chi connectivity index (χ1) is 9.59. The molecule has 1 fully saturated rings. The van der Waals surface area contributed by atoms with Gasteiger partial charge >= 0.3 is 5.97 Å². The molecule has 0 aromatic heterocycles. The fourth-order valence-corrected chi connectivity index (χ4v) is 2.60. The molecule has 0 N–H and O–H groups in total. The normalized spacial score (nSPS) is 13.4. The third-order valence-electron chi connectivity index (χ3n) is 3.77. The van der Waals surface area contributed by atoms with Crippen molar-refractivity contribution in [2.24, 2.45) is 0 Å². The van der Waals surface area contributed by atoms with Crippen LogP contribution in [0, 0.1) is 27.8 Å². The largest absolute Gasteiger partial charge is 0.459 e. The van der Waals surface area contributed by atoms with Crippen LogP contribution in [0.15, 0.2) is 18.2 Å². The Morgan fingerprint density at radius 2 is 1.72 bits per heavy atom. The molecule has 2 rings (SSSR count). The summed E-state index contributed by atoms with van der Waals surface area (Å²) >= 11 is 0. The summed E-state index contributed by atoms with van der Waals surface area (Å²) in [7, 11) is 0. The molecule has 5 heteroatoms. The van der Waals surface area contributed by atoms with Crippen LogP contribution >= 0.6 is 0 Å². The Hall–Kier alpha value is 1.07. The number of aryl methyl sites for hydroxylation is 1. The van der Waals surface area contributed by atoms with Crippen molar-refractivity contribution in [3.05, 3.63) is 50.2 Å². The SMILES string of the molecule is CC.Cc1ccc[c-]c1CC(=O)OC1(C)CCCCC1.[CH3-].[CH3-].[V].[W].[Y]. The molecule has 0 atom stereocenters. The maximum Gasteiger partial charge on any atom is 0.308 e. The Morgan fingerprint density at radius 3 is 2.20 bits per heavy atom. The molecule has 1 saturated carbocycles. The van der Waals surface area contributed by atoms with Crippen molar-refractivity contribution in [3.8, 4) is 0 Å². The first-order valence-corrected chi connectivity index (χ1v) is 7.77. The van der Waals surface area contributed by atoms with Crippen LogP contribution in [-0.4, -0.2) is 11.6 Å². The van der Waals surface area contributed by atoms with E-state index in [0.29, 0.717) is 6.42 Å². The monoisotopic (exact) mass is 629 g/mol. The molecule has 0 bridgehead atoms. The van der Waals surface area contributed by atoms with Gasteiger partial charge in [-0.3, -0.25) is 4.79 Å². The van der Waals surface area contributed by atoms with Crippen LogP contribution in [0.3, 0.4) is 0 Å². The second-order valence-corrected chi connectivity index (χ2v) is 5.49. The summed E-state index contributed by atoms with van der Waals surface area (Å²) in [6.07, 6.45) is 5.92. The molecule has 1 aromatic rings. The first kappa shape index (κ1) is 36.9. The van der Waals surface area contributed by atoms with Crippen LogP contribution in [0.2, 0.25) is 0 Å². The van der Waals surface area contributed by atoms with Crippen molar-refractivity contribution < 1.29 is 81.9 Å². The summed E-state index contributed by atoms with van der Waals surface area (Å²) in [5.74, 6) is -0.120. The number of hydrogen-bond acceptors (Lipinski definition) is 2. The topological polar surface area (TPSA) is 26.3 Å². The summed E-state index contributed by atoms with van der Waals surface area (Å²) in [5, 5.41) is 0. The zero-order chi connectivity index (χ0) is 15.0. The maximum atomic E-state index is 12.0. The van der Waals surface area contributed by atoms with Gasteiger partial charge in [-0.05, 0) is 32.6 Å². The Morgan fingerprint density at radius 1 is 1.20 bits per heavy atom. The molecule has 25 heavy (non-hydrogen) atoms. The van der Waals surface area contributed by atoms with Gasteiger partial charge in [0, 0.05) is 78.8 Å². The standard InChI is InChI=1S/C16H21O2.C2H6.2CH3.V.W.Y/c1-13-8-4-5-9-14(13)12-15(17)18-16(2)10-6-3-7-11-16;1-2;;;;;/h4-5,8H,3,6-7,10-12H2,1-2H3;1-2H3;2*1H3;;;/q-1;;2*-1;;;. The van der Waals surface area contributed by atoms with Gasteiger partial charge in [-0.15, -0.1) is 5.56 Å². The van der Waals surface area contributed by atoms with E-state index in [9.17, 15) is 4.79 Å². The minimum Gasteiger partial charge on any atom is -0.459 e. The van der Waals surface area contributed by atoms with Crippen LogP contribution in [0.5, 0.6) is 0 Å². The van der Waals surface area contributed by atoms with Crippen molar-refractivity contribution >= 4 is 5.97 Å². The van der Waals surface area contributed by atoms with Crippen molar-refractivity contribution in [2.75, 3.05) is 0 Å². The Labute approximate surface area is 208 Å². The molecule has 1 aromatic carbocycles. The molecular formula is C20H33O2VWY-3. The summed E-state index contributed by atoms with van der Waals surface area (Å²) in [6.45, 7) is 8.06. The van der Waals surface area contributed by atoms with Crippen LogP contribution in [0.4, 0.5) is 0 Å². The van der Waals surface area contributed by atoms with E-state index in [1.807, 2.05) is 39.0 Å². The quantitative estimate of drug-likeness (QED) is 0.326. The molecule has 0 aliphatic heterocycles. The number of benzene rings is 1.